The number of halogens is 1. The van der Waals surface area contributed by atoms with Crippen molar-refractivity contribution in [3.63, 3.8) is 0 Å². The highest BCUT2D eigenvalue weighted by Gasteiger charge is 2.31. The molecule has 0 amide bonds. The molecule has 0 aliphatic carbocycles. The van der Waals surface area contributed by atoms with Crippen LogP contribution in [0.15, 0.2) is 6.20 Å². The molecule has 2 atom stereocenters. The van der Waals surface area contributed by atoms with Gasteiger partial charge in [-0.2, -0.15) is 16.7 Å². The fourth-order valence-corrected chi connectivity index (χ4v) is 3.15. The molecule has 0 saturated carbocycles. The van der Waals surface area contributed by atoms with Gasteiger partial charge >= 0.3 is 5.69 Å². The van der Waals surface area contributed by atoms with Crippen molar-refractivity contribution in [3.8, 4) is 0 Å². The quantitative estimate of drug-likeness (QED) is 0.473. The standard InChI is InChI=1S/C10H13ClN4O2S/c1-6-7(2)18-4-3-14(6)9-8(15(16)17)5-12-10(11)13-9/h5-7H,3-4H2,1-2H3. The smallest absolute Gasteiger partial charge is 0.329 e. The number of nitro groups is 1. The molecule has 1 aromatic heterocycles. The van der Waals surface area contributed by atoms with Crippen molar-refractivity contribution < 1.29 is 4.92 Å². The zero-order chi connectivity index (χ0) is 13.3. The van der Waals surface area contributed by atoms with Gasteiger partial charge in [-0.1, -0.05) is 6.92 Å². The van der Waals surface area contributed by atoms with Crippen LogP contribution in [0.1, 0.15) is 13.8 Å². The molecule has 1 saturated heterocycles. The van der Waals surface area contributed by atoms with Gasteiger partial charge in [-0.25, -0.2) is 4.98 Å². The van der Waals surface area contributed by atoms with E-state index in [-0.39, 0.29) is 17.0 Å². The molecule has 2 rings (SSSR count). The Labute approximate surface area is 114 Å². The zero-order valence-corrected chi connectivity index (χ0v) is 11.6. The summed E-state index contributed by atoms with van der Waals surface area (Å²) in [5.74, 6) is 1.24. The summed E-state index contributed by atoms with van der Waals surface area (Å²) in [4.78, 5) is 20.2. The van der Waals surface area contributed by atoms with Crippen LogP contribution in [0.4, 0.5) is 11.5 Å². The number of rotatable bonds is 2. The van der Waals surface area contributed by atoms with Crippen LogP contribution in [0, 0.1) is 10.1 Å². The molecule has 0 radical (unpaired) electrons. The minimum absolute atomic E-state index is 0.0358. The van der Waals surface area contributed by atoms with Gasteiger partial charge in [-0.3, -0.25) is 10.1 Å². The molecule has 6 nitrogen and oxygen atoms in total. The predicted molar refractivity (Wildman–Crippen MR) is 72.4 cm³/mol. The number of hydrogen-bond donors (Lipinski definition) is 0. The Kier molecular flexibility index (Phi) is 3.91. The number of aromatic nitrogens is 2. The highest BCUT2D eigenvalue weighted by atomic mass is 35.5. The predicted octanol–water partition coefficient (Wildman–Crippen LogP) is 2.37. The summed E-state index contributed by atoms with van der Waals surface area (Å²) in [6.07, 6.45) is 1.17. The van der Waals surface area contributed by atoms with E-state index in [4.69, 9.17) is 11.6 Å². The monoisotopic (exact) mass is 288 g/mol. The van der Waals surface area contributed by atoms with Gasteiger partial charge < -0.3 is 4.90 Å². The van der Waals surface area contributed by atoms with E-state index in [1.165, 1.54) is 6.20 Å². The number of anilines is 1. The van der Waals surface area contributed by atoms with Crippen LogP contribution in [0.25, 0.3) is 0 Å². The maximum absolute atomic E-state index is 11.0. The lowest BCUT2D eigenvalue weighted by Gasteiger charge is -2.37. The first-order valence-electron chi connectivity index (χ1n) is 5.56. The lowest BCUT2D eigenvalue weighted by Crippen LogP contribution is -2.45. The number of nitrogens with zero attached hydrogens (tertiary/aromatic N) is 4. The molecule has 0 spiro atoms. The highest BCUT2D eigenvalue weighted by molar-refractivity contribution is 8.00. The second kappa shape index (κ2) is 5.27. The van der Waals surface area contributed by atoms with Crippen LogP contribution in [0.2, 0.25) is 5.28 Å². The lowest BCUT2D eigenvalue weighted by molar-refractivity contribution is -0.384. The summed E-state index contributed by atoms with van der Waals surface area (Å²) in [5.41, 5.74) is -0.0923. The maximum atomic E-state index is 11.0. The second-order valence-corrected chi connectivity index (χ2v) is 5.94. The largest absolute Gasteiger partial charge is 0.346 e. The van der Waals surface area contributed by atoms with Gasteiger partial charge in [-0.15, -0.1) is 0 Å². The van der Waals surface area contributed by atoms with Crippen LogP contribution in [0.3, 0.4) is 0 Å². The van der Waals surface area contributed by atoms with Crippen LogP contribution < -0.4 is 4.90 Å². The van der Waals surface area contributed by atoms with Crippen molar-refractivity contribution in [2.24, 2.45) is 0 Å². The molecule has 8 heteroatoms. The van der Waals surface area contributed by atoms with Crippen LogP contribution in [-0.4, -0.2) is 38.5 Å². The summed E-state index contributed by atoms with van der Waals surface area (Å²) in [5, 5.41) is 11.4. The zero-order valence-electron chi connectivity index (χ0n) is 10.0. The van der Waals surface area contributed by atoms with Gasteiger partial charge in [0.2, 0.25) is 11.1 Å². The molecular formula is C10H13ClN4O2S. The van der Waals surface area contributed by atoms with Gasteiger partial charge in [0.15, 0.2) is 0 Å². The van der Waals surface area contributed by atoms with Crippen molar-refractivity contribution >= 4 is 34.9 Å². The van der Waals surface area contributed by atoms with Gasteiger partial charge in [0.05, 0.1) is 4.92 Å². The Morgan fingerprint density at radius 3 is 3.00 bits per heavy atom. The number of thioether (sulfide) groups is 1. The first kappa shape index (κ1) is 13.4. The molecule has 98 valence electrons. The average molecular weight is 289 g/mol. The Morgan fingerprint density at radius 2 is 2.33 bits per heavy atom. The van der Waals surface area contributed by atoms with Crippen LogP contribution >= 0.6 is 23.4 Å². The molecule has 0 bridgehead atoms. The van der Waals surface area contributed by atoms with E-state index in [9.17, 15) is 10.1 Å². The summed E-state index contributed by atoms with van der Waals surface area (Å²) in [7, 11) is 0. The van der Waals surface area contributed by atoms with E-state index in [1.807, 2.05) is 23.6 Å². The Morgan fingerprint density at radius 1 is 1.61 bits per heavy atom. The van der Waals surface area contributed by atoms with Crippen molar-refractivity contribution in [1.29, 1.82) is 0 Å². The first-order valence-corrected chi connectivity index (χ1v) is 6.98. The topological polar surface area (TPSA) is 72.2 Å². The molecule has 1 aliphatic heterocycles. The first-order chi connectivity index (χ1) is 8.50. The third-order valence-electron chi connectivity index (χ3n) is 3.07. The minimum atomic E-state index is -0.467. The summed E-state index contributed by atoms with van der Waals surface area (Å²) < 4.78 is 0. The van der Waals surface area contributed by atoms with Gasteiger partial charge in [0, 0.05) is 23.6 Å². The maximum Gasteiger partial charge on any atom is 0.329 e. The third kappa shape index (κ3) is 2.51. The summed E-state index contributed by atoms with van der Waals surface area (Å²) in [6, 6.07) is 0.174. The van der Waals surface area contributed by atoms with Crippen molar-refractivity contribution in [3.05, 3.63) is 21.6 Å². The third-order valence-corrected chi connectivity index (χ3v) is 4.59. The SMILES string of the molecule is CC1SCCN(c2nc(Cl)ncc2[N+](=O)[O-])C1C. The number of hydrogen-bond acceptors (Lipinski definition) is 6. The van der Waals surface area contributed by atoms with Crippen LogP contribution in [-0.2, 0) is 0 Å². The highest BCUT2D eigenvalue weighted by Crippen LogP contribution is 2.33. The average Bonchev–Trinajstić information content (AvgIpc) is 2.32. The van der Waals surface area contributed by atoms with E-state index in [1.54, 1.807) is 0 Å². The Balaban J connectivity index is 2.42. The Hall–Kier alpha value is -1.08. The molecule has 2 unspecified atom stereocenters. The minimum Gasteiger partial charge on any atom is -0.346 e. The molecule has 1 fully saturated rings. The van der Waals surface area contributed by atoms with Crippen molar-refractivity contribution in [1.82, 2.24) is 9.97 Å². The van der Waals surface area contributed by atoms with Crippen LogP contribution in [0.5, 0.6) is 0 Å². The van der Waals surface area contributed by atoms with Gasteiger partial charge in [0.25, 0.3) is 0 Å². The Bertz CT molecular complexity index is 473. The van der Waals surface area contributed by atoms with Gasteiger partial charge in [-0.05, 0) is 18.5 Å². The normalized spacial score (nSPS) is 24.1. The summed E-state index contributed by atoms with van der Waals surface area (Å²) >= 11 is 7.60. The molecule has 0 N–H and O–H groups in total. The van der Waals surface area contributed by atoms with E-state index in [0.29, 0.717) is 11.1 Å². The lowest BCUT2D eigenvalue weighted by atomic mass is 10.2. The molecule has 0 aromatic carbocycles. The van der Waals surface area contributed by atoms with E-state index in [2.05, 4.69) is 16.9 Å². The van der Waals surface area contributed by atoms with Crippen molar-refractivity contribution in [2.75, 3.05) is 17.2 Å². The second-order valence-electron chi connectivity index (χ2n) is 4.11. The molecular weight excluding hydrogens is 276 g/mol. The van der Waals surface area contributed by atoms with Crippen molar-refractivity contribution in [2.45, 2.75) is 25.1 Å². The fraction of sp³-hybridized carbons (Fsp3) is 0.600. The molecule has 18 heavy (non-hydrogen) atoms. The fourth-order valence-electron chi connectivity index (χ4n) is 1.92. The molecule has 2 heterocycles. The molecule has 1 aromatic rings. The van der Waals surface area contributed by atoms with E-state index >= 15 is 0 Å². The summed E-state index contributed by atoms with van der Waals surface area (Å²) in [6.45, 7) is 4.87. The molecule has 1 aliphatic rings. The van der Waals surface area contributed by atoms with Gasteiger partial charge in [0.1, 0.15) is 6.20 Å². The van der Waals surface area contributed by atoms with E-state index in [0.717, 1.165) is 12.3 Å². The van der Waals surface area contributed by atoms with E-state index < -0.39 is 4.92 Å².